The van der Waals surface area contributed by atoms with Crippen molar-refractivity contribution in [2.45, 2.75) is 40.2 Å². The van der Waals surface area contributed by atoms with E-state index in [-0.39, 0.29) is 17.4 Å². The largest absolute Gasteiger partial charge is 0.345 e. The molecule has 1 N–H and O–H groups in total. The molecule has 0 bridgehead atoms. The summed E-state index contributed by atoms with van der Waals surface area (Å²) < 4.78 is 2.67. The third kappa shape index (κ3) is 5.45. The summed E-state index contributed by atoms with van der Waals surface area (Å²) in [6, 6.07) is 13.2. The van der Waals surface area contributed by atoms with Gasteiger partial charge in [0.1, 0.15) is 0 Å². The van der Waals surface area contributed by atoms with Gasteiger partial charge in [0.2, 0.25) is 0 Å². The molecule has 0 aliphatic rings. The van der Waals surface area contributed by atoms with Crippen LogP contribution in [0, 0.1) is 12.3 Å². The Balaban J connectivity index is 1.89. The highest BCUT2D eigenvalue weighted by molar-refractivity contribution is 9.10. The third-order valence-electron chi connectivity index (χ3n) is 4.78. The standard InChI is InChI=1S/C23H24BrCl2N3O/c1-14-18(13-27-29(14)17-8-9-19(25)20(26)11-17)22(30)28-21(12-23(2,3)4)15-6-5-7-16(24)10-15/h5-11,13,21H,12H2,1-4H3,(H,28,30)/t21-/m0/s1. The minimum absolute atomic E-state index is 0.0412. The monoisotopic (exact) mass is 507 g/mol. The van der Waals surface area contributed by atoms with Gasteiger partial charge in [-0.25, -0.2) is 4.68 Å². The lowest BCUT2D eigenvalue weighted by Gasteiger charge is -2.27. The number of nitrogens with zero attached hydrogens (tertiary/aromatic N) is 2. The van der Waals surface area contributed by atoms with Crippen LogP contribution in [0.2, 0.25) is 10.0 Å². The van der Waals surface area contributed by atoms with Crippen LogP contribution in [0.4, 0.5) is 0 Å². The Bertz CT molecular complexity index is 1070. The highest BCUT2D eigenvalue weighted by Crippen LogP contribution is 2.31. The van der Waals surface area contributed by atoms with Gasteiger partial charge in [-0.15, -0.1) is 0 Å². The van der Waals surface area contributed by atoms with E-state index in [2.05, 4.69) is 47.1 Å². The number of halogens is 3. The molecule has 0 unspecified atom stereocenters. The van der Waals surface area contributed by atoms with Crippen LogP contribution in [-0.4, -0.2) is 15.7 Å². The molecular formula is C23H24BrCl2N3O. The predicted molar refractivity (Wildman–Crippen MR) is 127 cm³/mol. The van der Waals surface area contributed by atoms with Gasteiger partial charge in [0.25, 0.3) is 5.91 Å². The maximum Gasteiger partial charge on any atom is 0.255 e. The molecule has 3 rings (SSSR count). The Morgan fingerprint density at radius 1 is 1.17 bits per heavy atom. The molecule has 1 atom stereocenters. The van der Waals surface area contributed by atoms with Crippen LogP contribution in [0.15, 0.2) is 53.1 Å². The first-order valence-corrected chi connectivity index (χ1v) is 11.2. The van der Waals surface area contributed by atoms with Crippen LogP contribution in [0.5, 0.6) is 0 Å². The van der Waals surface area contributed by atoms with E-state index < -0.39 is 0 Å². The molecule has 0 aliphatic carbocycles. The number of hydrogen-bond donors (Lipinski definition) is 1. The summed E-state index contributed by atoms with van der Waals surface area (Å²) >= 11 is 15.7. The van der Waals surface area contributed by atoms with Crippen molar-refractivity contribution >= 4 is 45.0 Å². The first kappa shape index (κ1) is 22.9. The van der Waals surface area contributed by atoms with Crippen molar-refractivity contribution in [1.82, 2.24) is 15.1 Å². The summed E-state index contributed by atoms with van der Waals surface area (Å²) in [5.74, 6) is -0.159. The van der Waals surface area contributed by atoms with Gasteiger partial charge in [0, 0.05) is 4.47 Å². The molecule has 0 aliphatic heterocycles. The van der Waals surface area contributed by atoms with Crippen LogP contribution >= 0.6 is 39.1 Å². The molecule has 30 heavy (non-hydrogen) atoms. The van der Waals surface area contributed by atoms with Crippen molar-refractivity contribution in [2.75, 3.05) is 0 Å². The molecule has 3 aromatic rings. The quantitative estimate of drug-likeness (QED) is 0.397. The van der Waals surface area contributed by atoms with Crippen molar-refractivity contribution in [2.24, 2.45) is 5.41 Å². The minimum Gasteiger partial charge on any atom is -0.345 e. The second-order valence-corrected chi connectivity index (χ2v) is 10.2. The van der Waals surface area contributed by atoms with Crippen LogP contribution in [0.25, 0.3) is 5.69 Å². The summed E-state index contributed by atoms with van der Waals surface area (Å²) in [5.41, 5.74) is 3.10. The Kier molecular flexibility index (Phi) is 6.95. The van der Waals surface area contributed by atoms with Crippen molar-refractivity contribution in [3.05, 3.63) is 80.0 Å². The maximum atomic E-state index is 13.2. The number of carbonyl (C=O) groups is 1. The van der Waals surface area contributed by atoms with Gasteiger partial charge in [-0.05, 0) is 54.7 Å². The lowest BCUT2D eigenvalue weighted by molar-refractivity contribution is 0.0925. The van der Waals surface area contributed by atoms with E-state index >= 15 is 0 Å². The fourth-order valence-electron chi connectivity index (χ4n) is 3.33. The van der Waals surface area contributed by atoms with Crippen LogP contribution in [0.1, 0.15) is 54.8 Å². The summed E-state index contributed by atoms with van der Waals surface area (Å²) in [4.78, 5) is 13.2. The number of carbonyl (C=O) groups excluding carboxylic acids is 1. The molecule has 7 heteroatoms. The Hall–Kier alpha value is -1.82. The van der Waals surface area contributed by atoms with Gasteiger partial charge in [0.05, 0.1) is 39.2 Å². The van der Waals surface area contributed by atoms with Crippen LogP contribution < -0.4 is 5.32 Å². The first-order valence-electron chi connectivity index (χ1n) is 9.61. The normalized spacial score (nSPS) is 12.6. The summed E-state index contributed by atoms with van der Waals surface area (Å²) in [5, 5.41) is 8.51. The zero-order valence-corrected chi connectivity index (χ0v) is 20.4. The van der Waals surface area contributed by atoms with E-state index in [0.717, 1.165) is 27.8 Å². The summed E-state index contributed by atoms with van der Waals surface area (Å²) in [7, 11) is 0. The van der Waals surface area contributed by atoms with Crippen molar-refractivity contribution < 1.29 is 4.79 Å². The number of hydrogen-bond acceptors (Lipinski definition) is 2. The van der Waals surface area contributed by atoms with Crippen LogP contribution in [-0.2, 0) is 0 Å². The average Bonchev–Trinajstić information content (AvgIpc) is 3.04. The second kappa shape index (κ2) is 9.13. The number of rotatable bonds is 5. The molecule has 0 spiro atoms. The zero-order chi connectivity index (χ0) is 22.1. The fraction of sp³-hybridized carbons (Fsp3) is 0.304. The topological polar surface area (TPSA) is 46.9 Å². The molecular weight excluding hydrogens is 485 g/mol. The number of amides is 1. The van der Waals surface area contributed by atoms with E-state index in [0.29, 0.717) is 15.6 Å². The fourth-order valence-corrected chi connectivity index (χ4v) is 4.04. The van der Waals surface area contributed by atoms with Gasteiger partial charge < -0.3 is 5.32 Å². The van der Waals surface area contributed by atoms with E-state index in [4.69, 9.17) is 23.2 Å². The Labute approximate surface area is 195 Å². The first-order chi connectivity index (χ1) is 14.0. The molecule has 1 aromatic heterocycles. The number of nitrogens with one attached hydrogen (secondary N) is 1. The summed E-state index contributed by atoms with van der Waals surface area (Å²) in [6.07, 6.45) is 2.39. The lowest BCUT2D eigenvalue weighted by atomic mass is 9.85. The Morgan fingerprint density at radius 3 is 2.53 bits per heavy atom. The highest BCUT2D eigenvalue weighted by atomic mass is 79.9. The highest BCUT2D eigenvalue weighted by Gasteiger charge is 2.24. The number of aromatic nitrogens is 2. The molecule has 4 nitrogen and oxygen atoms in total. The molecule has 2 aromatic carbocycles. The average molecular weight is 509 g/mol. The maximum absolute atomic E-state index is 13.2. The SMILES string of the molecule is Cc1c(C(=O)N[C@@H](CC(C)(C)C)c2cccc(Br)c2)cnn1-c1ccc(Cl)c(Cl)c1. The third-order valence-corrected chi connectivity index (χ3v) is 6.01. The second-order valence-electron chi connectivity index (χ2n) is 8.50. The van der Waals surface area contributed by atoms with Gasteiger partial charge in [0.15, 0.2) is 0 Å². The van der Waals surface area contributed by atoms with E-state index in [9.17, 15) is 4.79 Å². The lowest BCUT2D eigenvalue weighted by Crippen LogP contribution is -2.31. The van der Waals surface area contributed by atoms with Crippen molar-refractivity contribution in [3.8, 4) is 5.69 Å². The molecule has 0 saturated carbocycles. The molecule has 0 radical (unpaired) electrons. The molecule has 0 saturated heterocycles. The van der Waals surface area contributed by atoms with Gasteiger partial charge in [-0.3, -0.25) is 4.79 Å². The minimum atomic E-state index is -0.159. The number of benzene rings is 2. The van der Waals surface area contributed by atoms with Gasteiger partial charge in [-0.2, -0.15) is 5.10 Å². The zero-order valence-electron chi connectivity index (χ0n) is 17.3. The van der Waals surface area contributed by atoms with E-state index in [1.807, 2.05) is 37.3 Å². The molecule has 1 amide bonds. The van der Waals surface area contributed by atoms with Crippen molar-refractivity contribution in [1.29, 1.82) is 0 Å². The smallest absolute Gasteiger partial charge is 0.255 e. The van der Waals surface area contributed by atoms with Crippen molar-refractivity contribution in [3.63, 3.8) is 0 Å². The van der Waals surface area contributed by atoms with Crippen LogP contribution in [0.3, 0.4) is 0 Å². The Morgan fingerprint density at radius 2 is 1.90 bits per heavy atom. The predicted octanol–water partition coefficient (Wildman–Crippen LogP) is 7.16. The van der Waals surface area contributed by atoms with Gasteiger partial charge in [-0.1, -0.05) is 72.0 Å². The summed E-state index contributed by atoms with van der Waals surface area (Å²) in [6.45, 7) is 8.36. The van der Waals surface area contributed by atoms with E-state index in [1.54, 1.807) is 23.0 Å². The molecule has 1 heterocycles. The van der Waals surface area contributed by atoms with Gasteiger partial charge >= 0.3 is 0 Å². The molecule has 158 valence electrons. The van der Waals surface area contributed by atoms with E-state index in [1.165, 1.54) is 0 Å². The molecule has 0 fully saturated rings.